The van der Waals surface area contributed by atoms with Crippen LogP contribution in [0.5, 0.6) is 11.5 Å². The molecule has 0 aliphatic heterocycles. The minimum Gasteiger partial charge on any atom is -0.457 e. The highest BCUT2D eigenvalue weighted by molar-refractivity contribution is 5.73. The standard InChI is InChI=1S/C16H19N3O2/c1-2-16(18,19-15(17)20)13-10-6-7-11-14(13)21-12-8-4-3-5-9-12/h3-11H,2,18H2,1H3,(H3,17,19,20). The zero-order chi connectivity index (χ0) is 15.3. The molecule has 0 spiro atoms. The third-order valence-corrected chi connectivity index (χ3v) is 3.24. The lowest BCUT2D eigenvalue weighted by molar-refractivity contribution is 0.231. The molecule has 0 aromatic heterocycles. The molecule has 2 aromatic rings. The van der Waals surface area contributed by atoms with E-state index in [4.69, 9.17) is 16.2 Å². The SMILES string of the molecule is CCC(N)(NC(N)=O)c1ccccc1Oc1ccccc1. The predicted octanol–water partition coefficient (Wildman–Crippen LogP) is 2.67. The quantitative estimate of drug-likeness (QED) is 0.738. The van der Waals surface area contributed by atoms with Crippen LogP contribution in [0.1, 0.15) is 18.9 Å². The lowest BCUT2D eigenvalue weighted by atomic mass is 9.96. The number of ether oxygens (including phenoxy) is 1. The van der Waals surface area contributed by atoms with Crippen molar-refractivity contribution in [1.82, 2.24) is 5.32 Å². The molecule has 0 aliphatic rings. The molecule has 5 N–H and O–H groups in total. The van der Waals surface area contributed by atoms with Crippen LogP contribution in [-0.4, -0.2) is 6.03 Å². The van der Waals surface area contributed by atoms with Crippen molar-refractivity contribution in [3.05, 3.63) is 60.2 Å². The number of rotatable bonds is 5. The maximum absolute atomic E-state index is 11.2. The van der Waals surface area contributed by atoms with Crippen LogP contribution >= 0.6 is 0 Å². The monoisotopic (exact) mass is 285 g/mol. The molecule has 1 atom stereocenters. The van der Waals surface area contributed by atoms with Gasteiger partial charge in [-0.1, -0.05) is 43.3 Å². The Morgan fingerprint density at radius 2 is 1.76 bits per heavy atom. The molecule has 5 nitrogen and oxygen atoms in total. The molecule has 0 saturated carbocycles. The summed E-state index contributed by atoms with van der Waals surface area (Å²) in [6.45, 7) is 1.87. The molecule has 0 bridgehead atoms. The topological polar surface area (TPSA) is 90.4 Å². The normalized spacial score (nSPS) is 13.2. The second-order valence-electron chi connectivity index (χ2n) is 4.73. The number of benzene rings is 2. The van der Waals surface area contributed by atoms with Gasteiger partial charge in [0.25, 0.3) is 0 Å². The number of hydrogen-bond donors (Lipinski definition) is 3. The summed E-state index contributed by atoms with van der Waals surface area (Å²) in [5, 5.41) is 2.59. The van der Waals surface area contributed by atoms with Crippen molar-refractivity contribution in [1.29, 1.82) is 0 Å². The number of carbonyl (C=O) groups excluding carboxylic acids is 1. The molecule has 0 fully saturated rings. The fourth-order valence-corrected chi connectivity index (χ4v) is 2.11. The fourth-order valence-electron chi connectivity index (χ4n) is 2.11. The Morgan fingerprint density at radius 3 is 2.38 bits per heavy atom. The van der Waals surface area contributed by atoms with Crippen molar-refractivity contribution in [2.45, 2.75) is 19.0 Å². The van der Waals surface area contributed by atoms with Gasteiger partial charge >= 0.3 is 6.03 Å². The summed E-state index contributed by atoms with van der Waals surface area (Å²) >= 11 is 0. The van der Waals surface area contributed by atoms with Crippen molar-refractivity contribution < 1.29 is 9.53 Å². The van der Waals surface area contributed by atoms with Crippen LogP contribution in [0.4, 0.5) is 4.79 Å². The van der Waals surface area contributed by atoms with Crippen molar-refractivity contribution in [2.24, 2.45) is 11.5 Å². The molecule has 0 aliphatic carbocycles. The van der Waals surface area contributed by atoms with Gasteiger partial charge in [-0.3, -0.25) is 0 Å². The van der Waals surface area contributed by atoms with Gasteiger partial charge in [0.15, 0.2) is 0 Å². The molecule has 5 heteroatoms. The van der Waals surface area contributed by atoms with E-state index in [-0.39, 0.29) is 0 Å². The van der Waals surface area contributed by atoms with Crippen LogP contribution in [0.25, 0.3) is 0 Å². The minimum absolute atomic E-state index is 0.477. The summed E-state index contributed by atoms with van der Waals surface area (Å²) in [6, 6.07) is 16.0. The van der Waals surface area contributed by atoms with E-state index in [1.165, 1.54) is 0 Å². The zero-order valence-corrected chi connectivity index (χ0v) is 11.9. The van der Waals surface area contributed by atoms with E-state index in [1.54, 1.807) is 0 Å². The first-order valence-electron chi connectivity index (χ1n) is 6.74. The summed E-state index contributed by atoms with van der Waals surface area (Å²) in [4.78, 5) is 11.2. The van der Waals surface area contributed by atoms with Gasteiger partial charge in [-0.25, -0.2) is 4.79 Å². The van der Waals surface area contributed by atoms with Crippen molar-refractivity contribution in [3.63, 3.8) is 0 Å². The van der Waals surface area contributed by atoms with Gasteiger partial charge in [-0.05, 0) is 24.6 Å². The van der Waals surface area contributed by atoms with Gasteiger partial charge in [0.05, 0.1) is 0 Å². The molecular weight excluding hydrogens is 266 g/mol. The van der Waals surface area contributed by atoms with Gasteiger partial charge in [-0.15, -0.1) is 0 Å². The number of urea groups is 1. The van der Waals surface area contributed by atoms with Crippen LogP contribution in [0, 0.1) is 0 Å². The van der Waals surface area contributed by atoms with Crippen LogP contribution in [-0.2, 0) is 5.66 Å². The van der Waals surface area contributed by atoms with Crippen LogP contribution in [0.3, 0.4) is 0 Å². The van der Waals surface area contributed by atoms with E-state index in [2.05, 4.69) is 5.32 Å². The predicted molar refractivity (Wildman–Crippen MR) is 81.8 cm³/mol. The van der Waals surface area contributed by atoms with Crippen LogP contribution in [0.2, 0.25) is 0 Å². The zero-order valence-electron chi connectivity index (χ0n) is 11.9. The Balaban J connectivity index is 2.38. The highest BCUT2D eigenvalue weighted by Crippen LogP contribution is 2.32. The smallest absolute Gasteiger partial charge is 0.313 e. The molecular formula is C16H19N3O2. The second kappa shape index (κ2) is 6.28. The average molecular weight is 285 g/mol. The highest BCUT2D eigenvalue weighted by Gasteiger charge is 2.29. The number of nitrogens with two attached hydrogens (primary N) is 2. The van der Waals surface area contributed by atoms with Crippen molar-refractivity contribution in [3.8, 4) is 11.5 Å². The number of nitrogens with one attached hydrogen (secondary N) is 1. The minimum atomic E-state index is -1.07. The number of para-hydroxylation sites is 2. The third kappa shape index (κ3) is 3.52. The molecule has 2 amide bonds. The van der Waals surface area contributed by atoms with Gasteiger partial charge in [0.1, 0.15) is 17.2 Å². The van der Waals surface area contributed by atoms with Crippen LogP contribution in [0.15, 0.2) is 54.6 Å². The first-order valence-corrected chi connectivity index (χ1v) is 6.74. The molecule has 0 heterocycles. The van der Waals surface area contributed by atoms with E-state index in [1.807, 2.05) is 61.5 Å². The summed E-state index contributed by atoms with van der Waals surface area (Å²) in [5.41, 5.74) is 11.1. The maximum Gasteiger partial charge on any atom is 0.313 e. The summed E-state index contributed by atoms with van der Waals surface area (Å²) in [7, 11) is 0. The molecule has 0 radical (unpaired) electrons. The first-order chi connectivity index (χ1) is 10.0. The lowest BCUT2D eigenvalue weighted by Gasteiger charge is -2.30. The molecule has 2 rings (SSSR count). The molecule has 0 saturated heterocycles. The van der Waals surface area contributed by atoms with E-state index in [0.29, 0.717) is 23.5 Å². The average Bonchev–Trinajstić information content (AvgIpc) is 2.48. The van der Waals surface area contributed by atoms with E-state index in [9.17, 15) is 4.79 Å². The largest absolute Gasteiger partial charge is 0.457 e. The number of primary amides is 1. The number of carbonyl (C=O) groups is 1. The highest BCUT2D eigenvalue weighted by atomic mass is 16.5. The number of amides is 2. The van der Waals surface area contributed by atoms with Crippen LogP contribution < -0.4 is 21.5 Å². The van der Waals surface area contributed by atoms with Gasteiger partial charge in [0.2, 0.25) is 0 Å². The molecule has 110 valence electrons. The van der Waals surface area contributed by atoms with Gasteiger partial charge in [0, 0.05) is 5.56 Å². The molecule has 2 aromatic carbocycles. The summed E-state index contributed by atoms with van der Waals surface area (Å²) in [6.07, 6.45) is 0.477. The molecule has 21 heavy (non-hydrogen) atoms. The Morgan fingerprint density at radius 1 is 1.14 bits per heavy atom. The maximum atomic E-state index is 11.2. The summed E-state index contributed by atoms with van der Waals surface area (Å²) in [5.74, 6) is 1.28. The Labute approximate surface area is 123 Å². The van der Waals surface area contributed by atoms with Crippen molar-refractivity contribution in [2.75, 3.05) is 0 Å². The van der Waals surface area contributed by atoms with Gasteiger partial charge in [-0.2, -0.15) is 0 Å². The van der Waals surface area contributed by atoms with Crippen molar-refractivity contribution >= 4 is 6.03 Å². The molecule has 1 unspecified atom stereocenters. The Bertz CT molecular complexity index is 616. The summed E-state index contributed by atoms with van der Waals surface area (Å²) < 4.78 is 5.87. The van der Waals surface area contributed by atoms with Gasteiger partial charge < -0.3 is 21.5 Å². The first kappa shape index (κ1) is 14.9. The Kier molecular flexibility index (Phi) is 4.45. The third-order valence-electron chi connectivity index (χ3n) is 3.24. The fraction of sp³-hybridized carbons (Fsp3) is 0.188. The van der Waals surface area contributed by atoms with E-state index >= 15 is 0 Å². The van der Waals surface area contributed by atoms with E-state index in [0.717, 1.165) is 0 Å². The lowest BCUT2D eigenvalue weighted by Crippen LogP contribution is -2.54. The second-order valence-corrected chi connectivity index (χ2v) is 4.73. The number of hydrogen-bond acceptors (Lipinski definition) is 3. The van der Waals surface area contributed by atoms with E-state index < -0.39 is 11.7 Å². The Hall–Kier alpha value is -2.53.